The van der Waals surface area contributed by atoms with Crippen LogP contribution < -0.4 is 0 Å². The summed E-state index contributed by atoms with van der Waals surface area (Å²) < 4.78 is -0.627. The molecule has 96 valence electrons. The van der Waals surface area contributed by atoms with Gasteiger partial charge in [-0.3, -0.25) is 4.79 Å². The Morgan fingerprint density at radius 2 is 1.94 bits per heavy atom. The molecular formula is C10H15NO5S. The van der Waals surface area contributed by atoms with Gasteiger partial charge in [0.2, 0.25) is 5.91 Å². The van der Waals surface area contributed by atoms with Gasteiger partial charge in [0, 0.05) is 4.75 Å². The van der Waals surface area contributed by atoms with Crippen molar-refractivity contribution in [2.45, 2.75) is 30.0 Å². The van der Waals surface area contributed by atoms with Crippen LogP contribution in [-0.2, 0) is 9.59 Å². The van der Waals surface area contributed by atoms with Crippen molar-refractivity contribution in [3.8, 4) is 0 Å². The van der Waals surface area contributed by atoms with E-state index in [-0.39, 0.29) is 0 Å². The first-order valence-corrected chi connectivity index (χ1v) is 6.15. The van der Waals surface area contributed by atoms with Crippen LogP contribution in [0.5, 0.6) is 0 Å². The van der Waals surface area contributed by atoms with Gasteiger partial charge in [0.25, 0.3) is 0 Å². The Balaban J connectivity index is 2.37. The summed E-state index contributed by atoms with van der Waals surface area (Å²) >= 11 is 1.32. The van der Waals surface area contributed by atoms with Crippen molar-refractivity contribution in [2.75, 3.05) is 13.2 Å². The second-order valence-electron chi connectivity index (χ2n) is 5.00. The summed E-state index contributed by atoms with van der Waals surface area (Å²) in [6.45, 7) is 2.58. The lowest BCUT2D eigenvalue weighted by Crippen LogP contribution is -2.71. The summed E-state index contributed by atoms with van der Waals surface area (Å²) in [5, 5.41) is 27.3. The average Bonchev–Trinajstić information content (AvgIpc) is 2.50. The smallest absolute Gasteiger partial charge is 0.327 e. The highest BCUT2D eigenvalue weighted by atomic mass is 32.2. The molecule has 0 bridgehead atoms. The number of β-lactam (4-membered cyclic amide) rings is 1. The molecule has 2 fully saturated rings. The average molecular weight is 261 g/mol. The molecule has 0 radical (unpaired) electrons. The number of hydrogen-bond donors (Lipinski definition) is 3. The molecule has 2 rings (SSSR count). The lowest BCUT2D eigenvalue weighted by atomic mass is 9.78. The second kappa shape index (κ2) is 3.60. The maximum atomic E-state index is 12.0. The van der Waals surface area contributed by atoms with Gasteiger partial charge in [0.1, 0.15) is 11.5 Å². The number of nitrogens with zero attached hydrogens (tertiary/aromatic N) is 1. The number of aliphatic carboxylic acids is 1. The molecule has 2 aliphatic heterocycles. The van der Waals surface area contributed by atoms with E-state index < -0.39 is 46.7 Å². The van der Waals surface area contributed by atoms with Crippen LogP contribution in [0.1, 0.15) is 13.8 Å². The highest BCUT2D eigenvalue weighted by Crippen LogP contribution is 2.58. The molecule has 0 aromatic rings. The van der Waals surface area contributed by atoms with Crippen LogP contribution in [0.4, 0.5) is 0 Å². The maximum Gasteiger partial charge on any atom is 0.327 e. The Hall–Kier alpha value is -0.790. The quantitative estimate of drug-likeness (QED) is 0.570. The lowest BCUT2D eigenvalue weighted by molar-refractivity contribution is -0.182. The van der Waals surface area contributed by atoms with E-state index in [4.69, 9.17) is 0 Å². The summed E-state index contributed by atoms with van der Waals surface area (Å²) in [5.41, 5.74) is -1.22. The van der Waals surface area contributed by atoms with Crippen LogP contribution in [0.15, 0.2) is 0 Å². The molecule has 3 N–H and O–H groups in total. The molecule has 1 amide bonds. The molecule has 2 heterocycles. The van der Waals surface area contributed by atoms with Gasteiger partial charge in [-0.05, 0) is 13.8 Å². The predicted octanol–water partition coefficient (Wildman–Crippen LogP) is -0.896. The molecule has 0 saturated carbocycles. The van der Waals surface area contributed by atoms with E-state index in [1.54, 1.807) is 13.8 Å². The minimum atomic E-state index is -1.22. The molecular weight excluding hydrogens is 246 g/mol. The standard InChI is InChI=1S/C10H15NO5S/c1-9(2)5(6(14)15)11-7(16)10(3-12,4-13)8(11)17-9/h5,8,12-13H,3-4H2,1-2H3,(H,14,15)/t5?,8-/m1/s1. The van der Waals surface area contributed by atoms with Gasteiger partial charge in [-0.25, -0.2) is 4.79 Å². The van der Waals surface area contributed by atoms with Crippen LogP contribution in [-0.4, -0.2) is 61.5 Å². The van der Waals surface area contributed by atoms with Crippen molar-refractivity contribution in [3.05, 3.63) is 0 Å². The molecule has 1 unspecified atom stereocenters. The summed E-state index contributed by atoms with van der Waals surface area (Å²) in [5.74, 6) is -1.53. The van der Waals surface area contributed by atoms with Crippen LogP contribution in [0.25, 0.3) is 0 Å². The molecule has 17 heavy (non-hydrogen) atoms. The number of carboxylic acids is 1. The number of amides is 1. The Morgan fingerprint density at radius 1 is 1.41 bits per heavy atom. The van der Waals surface area contributed by atoms with Gasteiger partial charge in [-0.15, -0.1) is 11.8 Å². The molecule has 0 aliphatic carbocycles. The number of thioether (sulfide) groups is 1. The second-order valence-corrected chi connectivity index (χ2v) is 6.73. The molecule has 2 aliphatic rings. The van der Waals surface area contributed by atoms with Crippen LogP contribution in [0.2, 0.25) is 0 Å². The third kappa shape index (κ3) is 1.36. The Kier molecular flexibility index (Phi) is 2.68. The molecule has 0 spiro atoms. The van der Waals surface area contributed by atoms with Gasteiger partial charge in [-0.2, -0.15) is 0 Å². The first-order chi connectivity index (χ1) is 7.81. The third-order valence-corrected chi connectivity index (χ3v) is 5.27. The first-order valence-electron chi connectivity index (χ1n) is 5.27. The van der Waals surface area contributed by atoms with Gasteiger partial charge < -0.3 is 20.2 Å². The fraction of sp³-hybridized carbons (Fsp3) is 0.800. The summed E-state index contributed by atoms with van der Waals surface area (Å²) in [7, 11) is 0. The minimum Gasteiger partial charge on any atom is -0.480 e. The number of carboxylic acid groups (broad SMARTS) is 1. The number of hydrogen-bond acceptors (Lipinski definition) is 5. The Bertz CT molecular complexity index is 379. The highest BCUT2D eigenvalue weighted by molar-refractivity contribution is 8.01. The van der Waals surface area contributed by atoms with Crippen molar-refractivity contribution >= 4 is 23.6 Å². The topological polar surface area (TPSA) is 98.1 Å². The zero-order valence-corrected chi connectivity index (χ0v) is 10.4. The number of rotatable bonds is 3. The summed E-state index contributed by atoms with van der Waals surface area (Å²) in [6.07, 6.45) is 0. The van der Waals surface area contributed by atoms with Gasteiger partial charge >= 0.3 is 5.97 Å². The monoisotopic (exact) mass is 261 g/mol. The normalized spacial score (nSPS) is 33.2. The van der Waals surface area contributed by atoms with Crippen molar-refractivity contribution in [1.82, 2.24) is 4.90 Å². The zero-order valence-electron chi connectivity index (χ0n) is 9.58. The molecule has 2 atom stereocenters. The van der Waals surface area contributed by atoms with E-state index in [9.17, 15) is 24.9 Å². The lowest BCUT2D eigenvalue weighted by Gasteiger charge is -2.51. The van der Waals surface area contributed by atoms with Crippen molar-refractivity contribution in [2.24, 2.45) is 5.41 Å². The van der Waals surface area contributed by atoms with Gasteiger partial charge in [-0.1, -0.05) is 0 Å². The number of carbonyl (C=O) groups excluding carboxylic acids is 1. The summed E-state index contributed by atoms with van der Waals surface area (Å²) in [6, 6.07) is -0.906. The number of fused-ring (bicyclic) bond motifs is 1. The van der Waals surface area contributed by atoms with Crippen molar-refractivity contribution < 1.29 is 24.9 Å². The number of aliphatic hydroxyl groups excluding tert-OH is 2. The Labute approximate surface area is 103 Å². The first kappa shape index (κ1) is 12.7. The maximum absolute atomic E-state index is 12.0. The van der Waals surface area contributed by atoms with Crippen molar-refractivity contribution in [1.29, 1.82) is 0 Å². The Morgan fingerprint density at radius 3 is 2.35 bits per heavy atom. The molecule has 0 aromatic carbocycles. The summed E-state index contributed by atoms with van der Waals surface area (Å²) in [4.78, 5) is 24.4. The largest absolute Gasteiger partial charge is 0.480 e. The zero-order chi connectivity index (χ0) is 13.0. The van der Waals surface area contributed by atoms with Crippen molar-refractivity contribution in [3.63, 3.8) is 0 Å². The predicted molar refractivity (Wildman–Crippen MR) is 60.3 cm³/mol. The van der Waals surface area contributed by atoms with E-state index in [2.05, 4.69) is 0 Å². The fourth-order valence-electron chi connectivity index (χ4n) is 2.54. The van der Waals surface area contributed by atoms with Crippen LogP contribution in [0, 0.1) is 5.41 Å². The fourth-order valence-corrected chi connectivity index (χ4v) is 4.26. The van der Waals surface area contributed by atoms with Gasteiger partial charge in [0.05, 0.1) is 18.6 Å². The van der Waals surface area contributed by atoms with E-state index in [0.717, 1.165) is 0 Å². The van der Waals surface area contributed by atoms with Crippen LogP contribution in [0.3, 0.4) is 0 Å². The molecule has 7 heteroatoms. The van der Waals surface area contributed by atoms with E-state index in [1.165, 1.54) is 16.7 Å². The number of carbonyl (C=O) groups is 2. The highest BCUT2D eigenvalue weighted by Gasteiger charge is 2.70. The van der Waals surface area contributed by atoms with E-state index >= 15 is 0 Å². The molecule has 2 saturated heterocycles. The minimum absolute atomic E-state index is 0.457. The SMILES string of the molecule is CC1(C)S[C@H]2N(C(=O)C2(CO)CO)C1C(=O)O. The van der Waals surface area contributed by atoms with E-state index in [0.29, 0.717) is 0 Å². The van der Waals surface area contributed by atoms with Gasteiger partial charge in [0.15, 0.2) is 0 Å². The third-order valence-electron chi connectivity index (χ3n) is 3.54. The molecule has 6 nitrogen and oxygen atoms in total. The van der Waals surface area contributed by atoms with Crippen LogP contribution >= 0.6 is 11.8 Å². The van der Waals surface area contributed by atoms with E-state index in [1.807, 2.05) is 0 Å². The number of aliphatic hydroxyl groups is 2. The molecule has 0 aromatic heterocycles.